The maximum absolute atomic E-state index is 9.93. The van der Waals surface area contributed by atoms with Crippen LogP contribution in [0.25, 0.3) is 22.1 Å². The van der Waals surface area contributed by atoms with Crippen LogP contribution in [0.4, 0.5) is 29.0 Å². The molecule has 14 N–H and O–H groups in total. The second-order valence-corrected chi connectivity index (χ2v) is 13.5. The second-order valence-electron chi connectivity index (χ2n) is 12.8. The first-order valence-corrected chi connectivity index (χ1v) is 22.3. The van der Waals surface area contributed by atoms with E-state index in [4.69, 9.17) is 36.5 Å². The Hall–Kier alpha value is -8.09. The largest absolute Gasteiger partial charge is 0.469 e. The molecule has 0 unspecified atom stereocenters. The summed E-state index contributed by atoms with van der Waals surface area (Å²) in [5, 5.41) is 13.5. The summed E-state index contributed by atoms with van der Waals surface area (Å²) in [6.07, 6.45) is 6.48. The number of nitrogen functional groups attached to an aromatic ring is 3. The first kappa shape index (κ1) is 70.5. The average molecular weight is 1040 g/mol. The number of fused-ring (bicyclic) bond motifs is 2. The Bertz CT molecular complexity index is 2280. The first-order chi connectivity index (χ1) is 34.7. The molecular formula is C50H77N13O7S2. The molecule has 0 fully saturated rings. The van der Waals surface area contributed by atoms with E-state index in [0.29, 0.717) is 11.4 Å². The predicted octanol–water partition coefficient (Wildman–Crippen LogP) is 7.03. The number of H-pyrrole nitrogens is 2. The van der Waals surface area contributed by atoms with Gasteiger partial charge < -0.3 is 68.4 Å². The van der Waals surface area contributed by atoms with Crippen molar-refractivity contribution in [2.75, 3.05) is 90.4 Å². The summed E-state index contributed by atoms with van der Waals surface area (Å²) in [6.45, 7) is 10.9. The number of nitrogens with one attached hydrogen (secondary N) is 6. The number of imidazole rings is 2. The van der Waals surface area contributed by atoms with Crippen molar-refractivity contribution >= 4 is 109 Å². The number of aliphatic imine (C=N–C) groups is 1. The number of aromatic nitrogens is 4. The van der Waals surface area contributed by atoms with Gasteiger partial charge >= 0.3 is 17.9 Å². The highest BCUT2D eigenvalue weighted by atomic mass is 32.1. The zero-order valence-corrected chi connectivity index (χ0v) is 45.4. The molecule has 0 saturated carbocycles. The molecule has 0 radical (unpaired) electrons. The van der Waals surface area contributed by atoms with E-state index < -0.39 is 0 Å². The van der Waals surface area contributed by atoms with Gasteiger partial charge in [-0.25, -0.2) is 15.0 Å². The quantitative estimate of drug-likeness (QED) is 0.0207. The van der Waals surface area contributed by atoms with Crippen molar-refractivity contribution in [3.05, 3.63) is 103 Å². The van der Waals surface area contributed by atoms with Gasteiger partial charge in [0.25, 0.3) is 0 Å². The van der Waals surface area contributed by atoms with Crippen molar-refractivity contribution in [2.24, 2.45) is 10.7 Å². The smallest absolute Gasteiger partial charge is 0.302 e. The summed E-state index contributed by atoms with van der Waals surface area (Å²) in [7, 11) is 11.1. The SMILES string of the molecule is CCN.CCNC(C)=O.CN=C=S.CNC(=S)Cc1ccccc1N.CNc1nc2ccccc2[nH]1.CNc1nc2ccccc2[nH]1.COC(C)=O.COC(C)=O.COC(C)=O.Nc1ccccc1N.[2H]C#C. The summed E-state index contributed by atoms with van der Waals surface area (Å²) in [4.78, 5) is 57.6. The third kappa shape index (κ3) is 44.4. The Balaban J connectivity index is -0.000000240. The number of nitrogens with zero attached hydrogens (tertiary/aromatic N) is 3. The number of esters is 3. The van der Waals surface area contributed by atoms with Gasteiger partial charge in [-0.05, 0) is 73.7 Å². The number of carbonyl (C=O) groups excluding carboxylic acids is 4. The number of amides is 1. The fourth-order valence-corrected chi connectivity index (χ4v) is 4.01. The van der Waals surface area contributed by atoms with Gasteiger partial charge in [-0.2, -0.15) is 0 Å². The number of carbonyl (C=O) groups is 4. The fourth-order valence-electron chi connectivity index (χ4n) is 3.86. The number of hydrogen-bond acceptors (Lipinski definition) is 18. The molecule has 72 heavy (non-hydrogen) atoms. The topological polar surface area (TPSA) is 318 Å². The maximum atomic E-state index is 9.93. The molecule has 0 bridgehead atoms. The number of benzene rings is 4. The van der Waals surface area contributed by atoms with Crippen LogP contribution in [-0.2, 0) is 39.8 Å². The Kier molecular flexibility index (Phi) is 49.7. The zero-order valence-electron chi connectivity index (χ0n) is 44.8. The lowest BCUT2D eigenvalue weighted by atomic mass is 10.1. The van der Waals surface area contributed by atoms with Crippen LogP contribution in [0.2, 0.25) is 0 Å². The molecule has 2 heterocycles. The molecule has 4 aromatic carbocycles. The van der Waals surface area contributed by atoms with E-state index in [1.165, 1.54) is 55.4 Å². The number of nitrogens with two attached hydrogens (primary N) is 4. The molecule has 0 aliphatic heterocycles. The molecule has 22 heteroatoms. The number of ether oxygens (including phenoxy) is 3. The zero-order chi connectivity index (χ0) is 57.0. The standard InChI is InChI=1S/C9H12N2S.2C8H9N3.C6H8N2.C4H9NO.3C3H6O2.C2H3NS.C2H7N.C2H2/c1-11-9(12)6-7-4-2-3-5-8(7)10;2*1-9-8-10-6-4-2-3-5-7(6)11-8;7-5-3-1-2-4-6(5)8;1-3-5-4(2)6;3*1-3(4)5-2;1-3-2-4;1-2-3;1-2/h2-5H,6,10H2,1H3,(H,11,12);2*2-5H,1H3,(H2,9,10,11);1-4H,7-8H2;3H2,1-2H3,(H,5,6);3*1-2H3;1H3;2-3H2,1H3;1-2H/i;;;;;;;;;;1D. The van der Waals surface area contributed by atoms with Crippen molar-refractivity contribution in [3.63, 3.8) is 0 Å². The molecule has 6 aromatic rings. The summed E-state index contributed by atoms with van der Waals surface area (Å²) >= 11 is 9.17. The number of hydrogen-bond donors (Lipinski definition) is 10. The van der Waals surface area contributed by atoms with Crippen LogP contribution in [-0.4, -0.2) is 117 Å². The highest BCUT2D eigenvalue weighted by Crippen LogP contribution is 2.14. The second kappa shape index (κ2) is 50.8. The Morgan fingerprint density at radius 2 is 1.00 bits per heavy atom. The van der Waals surface area contributed by atoms with Crippen LogP contribution in [0.3, 0.4) is 0 Å². The fraction of sp³-hybridized carbons (Fsp3) is 0.320. The van der Waals surface area contributed by atoms with Crippen LogP contribution in [0, 0.1) is 12.8 Å². The first-order valence-electron chi connectivity index (χ1n) is 22.0. The summed E-state index contributed by atoms with van der Waals surface area (Å²) in [5.74, 6) is 0.926. The number of methoxy groups -OCH3 is 3. The van der Waals surface area contributed by atoms with E-state index >= 15 is 0 Å². The van der Waals surface area contributed by atoms with Crippen molar-refractivity contribution in [3.8, 4) is 12.8 Å². The van der Waals surface area contributed by atoms with Crippen molar-refractivity contribution < 1.29 is 34.8 Å². The van der Waals surface area contributed by atoms with Crippen LogP contribution in [0.15, 0.2) is 102 Å². The number of terminal acetylenes is 1. The minimum Gasteiger partial charge on any atom is -0.469 e. The number of isothiocyanates is 1. The maximum Gasteiger partial charge on any atom is 0.302 e. The highest BCUT2D eigenvalue weighted by Gasteiger charge is 2.00. The average Bonchev–Trinajstić information content (AvgIpc) is 4.02. The van der Waals surface area contributed by atoms with Crippen molar-refractivity contribution in [1.29, 1.82) is 0 Å². The highest BCUT2D eigenvalue weighted by molar-refractivity contribution is 7.80. The number of aromatic amines is 2. The summed E-state index contributed by atoms with van der Waals surface area (Å²) < 4.78 is 18.1. The molecule has 0 aliphatic carbocycles. The number of likely N-dealkylation sites (N-methyl/N-ethyl adjacent to an activating group) is 1. The van der Waals surface area contributed by atoms with Gasteiger partial charge in [-0.3, -0.25) is 19.2 Å². The lowest BCUT2D eigenvalue weighted by molar-refractivity contribution is -0.138. The van der Waals surface area contributed by atoms with Crippen molar-refractivity contribution in [1.82, 2.24) is 30.6 Å². The van der Waals surface area contributed by atoms with Gasteiger partial charge in [-0.15, -0.1) is 12.8 Å². The molecule has 0 aliphatic rings. The lowest BCUT2D eigenvalue weighted by Gasteiger charge is -2.05. The Morgan fingerprint density at radius 1 is 0.694 bits per heavy atom. The molecule has 396 valence electrons. The third-order valence-electron chi connectivity index (χ3n) is 7.31. The molecule has 2 aromatic heterocycles. The number of para-hydroxylation sites is 7. The Morgan fingerprint density at radius 3 is 1.22 bits per heavy atom. The van der Waals surface area contributed by atoms with Gasteiger partial charge in [0.15, 0.2) is 0 Å². The number of anilines is 5. The molecule has 1 amide bonds. The van der Waals surface area contributed by atoms with Crippen molar-refractivity contribution in [2.45, 2.75) is 48.0 Å². The van der Waals surface area contributed by atoms with Gasteiger partial charge in [0.1, 0.15) is 1.37 Å². The van der Waals surface area contributed by atoms with E-state index in [2.05, 4.69) is 84.2 Å². The number of rotatable bonds is 5. The van der Waals surface area contributed by atoms with Gasteiger partial charge in [0, 0.05) is 74.5 Å². The van der Waals surface area contributed by atoms with Gasteiger partial charge in [-0.1, -0.05) is 73.7 Å². The van der Waals surface area contributed by atoms with Crippen LogP contribution in [0.5, 0.6) is 0 Å². The third-order valence-corrected chi connectivity index (χ3v) is 7.84. The number of thiocarbonyl (C=S) groups is 2. The van der Waals surface area contributed by atoms with E-state index in [1.54, 1.807) is 19.2 Å². The molecule has 6 rings (SSSR count). The minimum absolute atomic E-state index is 0.0394. The Labute approximate surface area is 437 Å². The van der Waals surface area contributed by atoms with Crippen LogP contribution >= 0.6 is 24.4 Å². The van der Waals surface area contributed by atoms with Crippen LogP contribution in [0.1, 0.15) is 48.5 Å². The van der Waals surface area contributed by atoms with Gasteiger partial charge in [0.05, 0.1) is 64.9 Å². The summed E-state index contributed by atoms with van der Waals surface area (Å²) in [6, 6.07) is 30.9. The van der Waals surface area contributed by atoms with Gasteiger partial charge in [0.2, 0.25) is 17.8 Å². The normalized spacial score (nSPS) is 8.38. The van der Waals surface area contributed by atoms with E-state index in [9.17, 15) is 19.2 Å². The molecular weight excluding hydrogens is 959 g/mol. The molecule has 0 saturated heterocycles. The van der Waals surface area contributed by atoms with Crippen LogP contribution < -0.4 is 44.2 Å². The van der Waals surface area contributed by atoms with E-state index in [-0.39, 0.29) is 23.8 Å². The predicted molar refractivity (Wildman–Crippen MR) is 306 cm³/mol. The lowest BCUT2D eigenvalue weighted by Crippen LogP contribution is -2.18. The molecule has 20 nitrogen and oxygen atoms in total. The van der Waals surface area contributed by atoms with E-state index in [0.717, 1.165) is 69.7 Å². The minimum atomic E-state index is -0.245. The molecule has 0 spiro atoms. The van der Waals surface area contributed by atoms with E-state index in [1.807, 2.05) is 120 Å². The monoisotopic (exact) mass is 1040 g/mol. The summed E-state index contributed by atoms with van der Waals surface area (Å²) in [5.41, 5.74) is 28.7. The molecule has 0 atom stereocenters.